The number of amides is 1. The lowest BCUT2D eigenvalue weighted by molar-refractivity contribution is 0.100. The number of hydrogen-bond donors (Lipinski definition) is 2. The van der Waals surface area contributed by atoms with Gasteiger partial charge >= 0.3 is 0 Å². The van der Waals surface area contributed by atoms with Crippen LogP contribution in [0.15, 0.2) is 24.3 Å². The summed E-state index contributed by atoms with van der Waals surface area (Å²) in [6.07, 6.45) is 5.05. The number of primary amides is 1. The van der Waals surface area contributed by atoms with Gasteiger partial charge < -0.3 is 15.7 Å². The van der Waals surface area contributed by atoms with E-state index in [0.717, 1.165) is 61.8 Å². The SMILES string of the molecule is NC(=O)c1c2c(c(N3CCC4(CO)CC4C3)n3c1nc1ccccc13)CCC2. The molecule has 0 radical (unpaired) electrons. The molecule has 2 fully saturated rings. The maximum atomic E-state index is 12.4. The van der Waals surface area contributed by atoms with Crippen molar-refractivity contribution in [2.24, 2.45) is 17.1 Å². The van der Waals surface area contributed by atoms with Crippen molar-refractivity contribution in [2.45, 2.75) is 32.1 Å². The van der Waals surface area contributed by atoms with Gasteiger partial charge in [0.05, 0.1) is 16.6 Å². The molecule has 3 aromatic rings. The molecule has 1 saturated carbocycles. The minimum atomic E-state index is -0.384. The first-order chi connectivity index (χ1) is 13.6. The maximum Gasteiger partial charge on any atom is 0.252 e. The highest BCUT2D eigenvalue weighted by molar-refractivity contribution is 6.03. The summed E-state index contributed by atoms with van der Waals surface area (Å²) in [4.78, 5) is 19.7. The van der Waals surface area contributed by atoms with Gasteiger partial charge in [-0.1, -0.05) is 12.1 Å². The van der Waals surface area contributed by atoms with Gasteiger partial charge in [-0.2, -0.15) is 0 Å². The Morgan fingerprint density at radius 1 is 1.29 bits per heavy atom. The van der Waals surface area contributed by atoms with Crippen molar-refractivity contribution in [1.29, 1.82) is 0 Å². The topological polar surface area (TPSA) is 83.9 Å². The summed E-state index contributed by atoms with van der Waals surface area (Å²) in [5, 5.41) is 9.80. The Morgan fingerprint density at radius 2 is 2.11 bits per heavy atom. The quantitative estimate of drug-likeness (QED) is 0.735. The molecule has 144 valence electrons. The van der Waals surface area contributed by atoms with E-state index >= 15 is 0 Å². The number of piperidine rings is 1. The molecule has 3 aliphatic rings. The Bertz CT molecular complexity index is 1150. The fraction of sp³-hybridized carbons (Fsp3) is 0.455. The molecular weight excluding hydrogens is 352 g/mol. The van der Waals surface area contributed by atoms with Crippen LogP contribution in [0.5, 0.6) is 0 Å². The highest BCUT2D eigenvalue weighted by Gasteiger charge is 2.56. The van der Waals surface area contributed by atoms with Crippen LogP contribution >= 0.6 is 0 Å². The molecule has 2 aromatic heterocycles. The second-order valence-corrected chi connectivity index (χ2v) is 8.75. The Morgan fingerprint density at radius 3 is 2.89 bits per heavy atom. The first-order valence-corrected chi connectivity index (χ1v) is 10.2. The van der Waals surface area contributed by atoms with E-state index in [1.165, 1.54) is 11.4 Å². The molecule has 2 atom stereocenters. The van der Waals surface area contributed by atoms with Crippen LogP contribution in [0.25, 0.3) is 16.7 Å². The molecule has 2 aliphatic carbocycles. The summed E-state index contributed by atoms with van der Waals surface area (Å²) < 4.78 is 2.17. The molecule has 28 heavy (non-hydrogen) atoms. The molecule has 6 rings (SSSR count). The monoisotopic (exact) mass is 376 g/mol. The average Bonchev–Trinajstić information content (AvgIpc) is 3.02. The zero-order valence-electron chi connectivity index (χ0n) is 15.8. The number of nitrogens with two attached hydrogens (primary N) is 1. The number of pyridine rings is 1. The number of carbonyl (C=O) groups excluding carboxylic acids is 1. The summed E-state index contributed by atoms with van der Waals surface area (Å²) >= 11 is 0. The Balaban J connectivity index is 1.64. The summed E-state index contributed by atoms with van der Waals surface area (Å²) in [6, 6.07) is 8.07. The van der Waals surface area contributed by atoms with Crippen LogP contribution in [0.2, 0.25) is 0 Å². The van der Waals surface area contributed by atoms with E-state index in [9.17, 15) is 9.90 Å². The minimum Gasteiger partial charge on any atom is -0.396 e. The molecular formula is C22H24N4O2. The lowest BCUT2D eigenvalue weighted by Crippen LogP contribution is -2.38. The average molecular weight is 376 g/mol. The number of para-hydroxylation sites is 2. The number of benzene rings is 1. The van der Waals surface area contributed by atoms with Gasteiger partial charge in [0.2, 0.25) is 0 Å². The third-order valence-corrected chi connectivity index (χ3v) is 7.33. The molecule has 1 amide bonds. The standard InChI is InChI=1S/C22H24N4O2/c23-19(28)18-14-4-3-5-15(14)21(25-9-8-22(12-27)10-13(22)11-25)26-17-7-2-1-6-16(17)24-20(18)26/h1-2,6-7,13,27H,3-5,8-12H2,(H2,23,28). The molecule has 2 unspecified atom stereocenters. The van der Waals surface area contributed by atoms with E-state index in [0.29, 0.717) is 23.7 Å². The van der Waals surface area contributed by atoms with E-state index < -0.39 is 0 Å². The van der Waals surface area contributed by atoms with Crippen molar-refractivity contribution < 1.29 is 9.90 Å². The fourth-order valence-corrected chi connectivity index (χ4v) is 5.71. The molecule has 0 bridgehead atoms. The zero-order valence-corrected chi connectivity index (χ0v) is 15.8. The van der Waals surface area contributed by atoms with Crippen molar-refractivity contribution in [3.63, 3.8) is 0 Å². The number of carbonyl (C=O) groups is 1. The largest absolute Gasteiger partial charge is 0.396 e. The summed E-state index contributed by atoms with van der Waals surface area (Å²) in [5.74, 6) is 1.37. The number of aromatic nitrogens is 2. The number of rotatable bonds is 3. The van der Waals surface area contributed by atoms with Gasteiger partial charge in [0.25, 0.3) is 5.91 Å². The summed E-state index contributed by atoms with van der Waals surface area (Å²) in [6.45, 7) is 2.19. The Hall–Kier alpha value is -2.60. The Kier molecular flexibility index (Phi) is 3.20. The van der Waals surface area contributed by atoms with E-state index in [1.807, 2.05) is 18.2 Å². The van der Waals surface area contributed by atoms with Crippen molar-refractivity contribution in [3.8, 4) is 0 Å². The zero-order chi connectivity index (χ0) is 19.0. The number of aliphatic hydroxyl groups excluding tert-OH is 1. The number of hydrogen-bond acceptors (Lipinski definition) is 4. The van der Waals surface area contributed by atoms with Crippen LogP contribution in [0.3, 0.4) is 0 Å². The molecule has 3 N–H and O–H groups in total. The third kappa shape index (κ3) is 2.01. The molecule has 1 aliphatic heterocycles. The molecule has 1 aromatic carbocycles. The second-order valence-electron chi connectivity index (χ2n) is 8.75. The van der Waals surface area contributed by atoms with Crippen molar-refractivity contribution in [1.82, 2.24) is 9.38 Å². The van der Waals surface area contributed by atoms with Crippen LogP contribution in [-0.4, -0.2) is 40.1 Å². The minimum absolute atomic E-state index is 0.156. The van der Waals surface area contributed by atoms with Crippen LogP contribution in [-0.2, 0) is 12.8 Å². The van der Waals surface area contributed by atoms with E-state index in [1.54, 1.807) is 0 Å². The van der Waals surface area contributed by atoms with Gasteiger partial charge in [-0.15, -0.1) is 0 Å². The Labute approximate surface area is 163 Å². The van der Waals surface area contributed by atoms with Gasteiger partial charge in [-0.05, 0) is 61.3 Å². The van der Waals surface area contributed by atoms with E-state index in [2.05, 4.69) is 15.4 Å². The predicted octanol–water partition coefficient (Wildman–Crippen LogP) is 2.28. The van der Waals surface area contributed by atoms with Crippen LogP contribution in [0.1, 0.15) is 40.7 Å². The van der Waals surface area contributed by atoms with Crippen LogP contribution in [0, 0.1) is 11.3 Å². The molecule has 3 heterocycles. The number of aliphatic hydroxyl groups is 1. The molecule has 1 saturated heterocycles. The van der Waals surface area contributed by atoms with Crippen molar-refractivity contribution in [3.05, 3.63) is 41.0 Å². The van der Waals surface area contributed by atoms with Crippen LogP contribution in [0.4, 0.5) is 5.82 Å². The molecule has 6 nitrogen and oxygen atoms in total. The maximum absolute atomic E-state index is 12.4. The van der Waals surface area contributed by atoms with Gasteiger partial charge in [-0.25, -0.2) is 4.98 Å². The summed E-state index contributed by atoms with van der Waals surface area (Å²) in [5.41, 5.74) is 11.6. The van der Waals surface area contributed by atoms with Gasteiger partial charge in [0.15, 0.2) is 5.65 Å². The smallest absolute Gasteiger partial charge is 0.252 e. The lowest BCUT2D eigenvalue weighted by atomic mass is 9.95. The van der Waals surface area contributed by atoms with Crippen LogP contribution < -0.4 is 10.6 Å². The number of nitrogens with zero attached hydrogens (tertiary/aromatic N) is 3. The number of imidazole rings is 1. The van der Waals surface area contributed by atoms with E-state index in [4.69, 9.17) is 10.7 Å². The van der Waals surface area contributed by atoms with Gasteiger partial charge in [0, 0.05) is 25.1 Å². The number of anilines is 1. The lowest BCUT2D eigenvalue weighted by Gasteiger charge is -2.34. The third-order valence-electron chi connectivity index (χ3n) is 7.33. The van der Waals surface area contributed by atoms with Crippen molar-refractivity contribution in [2.75, 3.05) is 24.6 Å². The normalized spacial score (nSPS) is 25.9. The molecule has 0 spiro atoms. The first-order valence-electron chi connectivity index (χ1n) is 10.2. The summed E-state index contributed by atoms with van der Waals surface area (Å²) in [7, 11) is 0. The highest BCUT2D eigenvalue weighted by Crippen LogP contribution is 2.58. The van der Waals surface area contributed by atoms with Gasteiger partial charge in [0.1, 0.15) is 5.82 Å². The first kappa shape index (κ1) is 16.4. The highest BCUT2D eigenvalue weighted by atomic mass is 16.3. The number of fused-ring (bicyclic) bond motifs is 5. The second kappa shape index (κ2) is 5.47. The fourth-order valence-electron chi connectivity index (χ4n) is 5.71. The molecule has 6 heteroatoms. The predicted molar refractivity (Wildman–Crippen MR) is 108 cm³/mol. The van der Waals surface area contributed by atoms with E-state index in [-0.39, 0.29) is 11.3 Å². The van der Waals surface area contributed by atoms with Crippen molar-refractivity contribution >= 4 is 28.4 Å². The van der Waals surface area contributed by atoms with Gasteiger partial charge in [-0.3, -0.25) is 9.20 Å².